The van der Waals surface area contributed by atoms with Gasteiger partial charge in [0.25, 0.3) is 0 Å². The molecular weight excluding hydrogens is 171 g/mol. The maximum absolute atomic E-state index is 9.09. The Morgan fingerprint density at radius 3 is 2.70 bits per heavy atom. The molecule has 0 spiro atoms. The van der Waals surface area contributed by atoms with Gasteiger partial charge in [0.05, 0.1) is 9.91 Å². The van der Waals surface area contributed by atoms with Crippen LogP contribution in [0, 0.1) is 0 Å². The minimum absolute atomic E-state index is 0.0745. The number of rotatable bonds is 0. The van der Waals surface area contributed by atoms with E-state index in [1.165, 1.54) is 0 Å². The van der Waals surface area contributed by atoms with Crippen molar-refractivity contribution in [1.82, 2.24) is 0 Å². The number of hydrogen-bond acceptors (Lipinski definition) is 1. The number of hydrogen-bond donors (Lipinski definition) is 1. The molecule has 0 aromatic heterocycles. The van der Waals surface area contributed by atoms with Gasteiger partial charge in [-0.15, -0.1) is 11.6 Å². The van der Waals surface area contributed by atoms with E-state index in [0.29, 0.717) is 11.5 Å². The highest BCUT2D eigenvalue weighted by Gasteiger charge is 2.22. The molecular formula is C7H8Cl2O. The van der Waals surface area contributed by atoms with E-state index in [2.05, 4.69) is 0 Å². The highest BCUT2D eigenvalue weighted by atomic mass is 35.5. The summed E-state index contributed by atoms with van der Waals surface area (Å²) in [5, 5.41) is 9.48. The Balaban J connectivity index is 2.87. The predicted octanol–water partition coefficient (Wildman–Crippen LogP) is 2.95. The lowest BCUT2D eigenvalue weighted by atomic mass is 10.0. The second kappa shape index (κ2) is 2.48. The number of alkyl halides is 1. The number of aliphatic hydroxyl groups excluding tert-OH is 1. The van der Waals surface area contributed by atoms with Gasteiger partial charge in [-0.2, -0.15) is 0 Å². The maximum atomic E-state index is 9.09. The maximum Gasteiger partial charge on any atom is 0.131 e. The van der Waals surface area contributed by atoms with Gasteiger partial charge in [-0.25, -0.2) is 0 Å². The van der Waals surface area contributed by atoms with E-state index in [-0.39, 0.29) is 5.76 Å². The minimum atomic E-state index is -0.470. The van der Waals surface area contributed by atoms with Gasteiger partial charge in [0.2, 0.25) is 0 Å². The van der Waals surface area contributed by atoms with Crippen LogP contribution in [0.4, 0.5) is 0 Å². The van der Waals surface area contributed by atoms with E-state index >= 15 is 0 Å². The first-order chi connectivity index (χ1) is 4.51. The third kappa shape index (κ3) is 1.68. The number of halogens is 2. The molecule has 1 nitrogen and oxygen atoms in total. The first kappa shape index (κ1) is 7.96. The summed E-state index contributed by atoms with van der Waals surface area (Å²) >= 11 is 11.5. The number of aliphatic hydroxyl groups is 1. The first-order valence-electron chi connectivity index (χ1n) is 2.98. The van der Waals surface area contributed by atoms with Crippen molar-refractivity contribution in [2.24, 2.45) is 0 Å². The van der Waals surface area contributed by atoms with Crippen molar-refractivity contribution in [1.29, 1.82) is 0 Å². The molecule has 0 aromatic carbocycles. The average Bonchev–Trinajstić information content (AvgIpc) is 1.79. The summed E-state index contributed by atoms with van der Waals surface area (Å²) in [5.41, 5.74) is 0. The molecule has 0 radical (unpaired) electrons. The van der Waals surface area contributed by atoms with Crippen molar-refractivity contribution in [2.45, 2.75) is 18.2 Å². The molecule has 56 valence electrons. The molecule has 0 amide bonds. The van der Waals surface area contributed by atoms with Crippen molar-refractivity contribution in [3.8, 4) is 0 Å². The second-order valence-corrected chi connectivity index (χ2v) is 3.83. The van der Waals surface area contributed by atoms with Crippen LogP contribution in [-0.4, -0.2) is 9.98 Å². The molecule has 0 heterocycles. The van der Waals surface area contributed by atoms with Crippen molar-refractivity contribution in [2.75, 3.05) is 0 Å². The van der Waals surface area contributed by atoms with Crippen molar-refractivity contribution in [3.05, 3.63) is 22.9 Å². The smallest absolute Gasteiger partial charge is 0.131 e. The van der Waals surface area contributed by atoms with Crippen LogP contribution in [0.1, 0.15) is 13.3 Å². The zero-order valence-corrected chi connectivity index (χ0v) is 7.08. The lowest BCUT2D eigenvalue weighted by Crippen LogP contribution is -2.15. The van der Waals surface area contributed by atoms with Crippen LogP contribution in [0.15, 0.2) is 22.9 Å². The van der Waals surface area contributed by atoms with Crippen LogP contribution in [0.2, 0.25) is 0 Å². The second-order valence-electron chi connectivity index (χ2n) is 2.56. The fourth-order valence-electron chi connectivity index (χ4n) is 0.807. The van der Waals surface area contributed by atoms with Gasteiger partial charge in [0.15, 0.2) is 0 Å². The summed E-state index contributed by atoms with van der Waals surface area (Å²) in [4.78, 5) is -0.470. The van der Waals surface area contributed by atoms with E-state index in [9.17, 15) is 0 Å². The monoisotopic (exact) mass is 178 g/mol. The zero-order valence-electron chi connectivity index (χ0n) is 5.56. The fourth-order valence-corrected chi connectivity index (χ4v) is 1.12. The van der Waals surface area contributed by atoms with E-state index < -0.39 is 4.87 Å². The third-order valence-corrected chi connectivity index (χ3v) is 1.97. The summed E-state index contributed by atoms with van der Waals surface area (Å²) in [7, 11) is 0. The van der Waals surface area contributed by atoms with E-state index in [4.69, 9.17) is 28.3 Å². The summed E-state index contributed by atoms with van der Waals surface area (Å²) in [5.74, 6) is 0.0745. The Hall–Kier alpha value is -0.140. The van der Waals surface area contributed by atoms with Crippen LogP contribution >= 0.6 is 23.2 Å². The van der Waals surface area contributed by atoms with Crippen LogP contribution in [-0.2, 0) is 0 Å². The molecule has 0 saturated heterocycles. The van der Waals surface area contributed by atoms with E-state index in [1.54, 1.807) is 12.2 Å². The fraction of sp³-hybridized carbons (Fsp3) is 0.429. The summed E-state index contributed by atoms with van der Waals surface area (Å²) < 4.78 is 0. The van der Waals surface area contributed by atoms with Crippen molar-refractivity contribution >= 4 is 23.2 Å². The van der Waals surface area contributed by atoms with Crippen molar-refractivity contribution in [3.63, 3.8) is 0 Å². The molecule has 1 aliphatic rings. The number of allylic oxidation sites excluding steroid dienone is 3. The molecule has 1 aliphatic carbocycles. The molecule has 0 aliphatic heterocycles. The highest BCUT2D eigenvalue weighted by Crippen LogP contribution is 2.31. The van der Waals surface area contributed by atoms with Gasteiger partial charge in [-0.3, -0.25) is 0 Å². The molecule has 1 rings (SSSR count). The molecule has 1 unspecified atom stereocenters. The lowest BCUT2D eigenvalue weighted by molar-refractivity contribution is 0.419. The Morgan fingerprint density at radius 2 is 2.30 bits per heavy atom. The Labute approximate surface area is 69.9 Å². The van der Waals surface area contributed by atoms with Crippen LogP contribution in [0.25, 0.3) is 0 Å². The SMILES string of the molecule is CC1(Cl)C=C(O)C(Cl)=CC1. The topological polar surface area (TPSA) is 20.2 Å². The molecule has 10 heavy (non-hydrogen) atoms. The molecule has 0 bridgehead atoms. The van der Waals surface area contributed by atoms with Crippen LogP contribution < -0.4 is 0 Å². The zero-order chi connectivity index (χ0) is 7.78. The minimum Gasteiger partial charge on any atom is -0.507 e. The quantitative estimate of drug-likeness (QED) is 0.566. The Morgan fingerprint density at radius 1 is 1.70 bits per heavy atom. The first-order valence-corrected chi connectivity index (χ1v) is 3.74. The van der Waals surface area contributed by atoms with Gasteiger partial charge >= 0.3 is 0 Å². The summed E-state index contributed by atoms with van der Waals surface area (Å²) in [6.07, 6.45) is 3.93. The average molecular weight is 179 g/mol. The van der Waals surface area contributed by atoms with Gasteiger partial charge in [0, 0.05) is 0 Å². The summed E-state index contributed by atoms with van der Waals surface area (Å²) in [6.45, 7) is 1.82. The van der Waals surface area contributed by atoms with Crippen LogP contribution in [0.3, 0.4) is 0 Å². The largest absolute Gasteiger partial charge is 0.507 e. The molecule has 0 fully saturated rings. The predicted molar refractivity (Wildman–Crippen MR) is 43.5 cm³/mol. The highest BCUT2D eigenvalue weighted by molar-refractivity contribution is 6.32. The van der Waals surface area contributed by atoms with Crippen molar-refractivity contribution < 1.29 is 5.11 Å². The van der Waals surface area contributed by atoms with Crippen LogP contribution in [0.5, 0.6) is 0 Å². The van der Waals surface area contributed by atoms with Gasteiger partial charge < -0.3 is 5.11 Å². The lowest BCUT2D eigenvalue weighted by Gasteiger charge is -2.19. The molecule has 1 atom stereocenters. The van der Waals surface area contributed by atoms with Gasteiger partial charge in [0.1, 0.15) is 5.76 Å². The van der Waals surface area contributed by atoms with E-state index in [1.807, 2.05) is 6.92 Å². The standard InChI is InChI=1S/C7H8Cl2O/c1-7(9)3-2-5(8)6(10)4-7/h2,4,10H,3H2,1H3. The van der Waals surface area contributed by atoms with E-state index in [0.717, 1.165) is 0 Å². The molecule has 3 heteroatoms. The Bertz CT molecular complexity index is 204. The van der Waals surface area contributed by atoms with Gasteiger partial charge in [-0.1, -0.05) is 17.7 Å². The summed E-state index contributed by atoms with van der Waals surface area (Å²) in [6, 6.07) is 0. The van der Waals surface area contributed by atoms with Gasteiger partial charge in [-0.05, 0) is 19.4 Å². The normalized spacial score (nSPS) is 33.1. The third-order valence-electron chi connectivity index (χ3n) is 1.36. The molecule has 0 saturated carbocycles. The molecule has 0 aromatic rings. The molecule has 1 N–H and O–H groups in total. The Kier molecular flexibility index (Phi) is 1.97.